The van der Waals surface area contributed by atoms with Gasteiger partial charge in [0.25, 0.3) is 0 Å². The maximum absolute atomic E-state index is 6.40. The first-order valence-electron chi connectivity index (χ1n) is 7.98. The normalized spacial score (nSPS) is 32.9. The van der Waals surface area contributed by atoms with E-state index in [9.17, 15) is 0 Å². The van der Waals surface area contributed by atoms with Crippen LogP contribution in [0, 0.1) is 5.41 Å². The second-order valence-corrected chi connectivity index (χ2v) is 8.59. The molecule has 0 aromatic carbocycles. The fraction of sp³-hybridized carbons (Fsp3) is 0.765. The summed E-state index contributed by atoms with van der Waals surface area (Å²) in [5.41, 5.74) is 9.69. The standard InChI is InChI=1S/C17H28N2S/c1-17(2)10-15(18)14-7-8-19(16(14)11-17)12-5-4-6-13(9-12)20-3/h7-8,12-13,15H,4-6,9-11,18H2,1-3H3. The highest BCUT2D eigenvalue weighted by Gasteiger charge is 2.34. The summed E-state index contributed by atoms with van der Waals surface area (Å²) in [4.78, 5) is 0. The molecule has 0 radical (unpaired) electrons. The number of nitrogens with two attached hydrogens (primary N) is 1. The number of thioether (sulfide) groups is 1. The Morgan fingerprint density at radius 3 is 2.90 bits per heavy atom. The van der Waals surface area contributed by atoms with Gasteiger partial charge in [-0.15, -0.1) is 0 Å². The molecule has 1 saturated carbocycles. The zero-order valence-corrected chi connectivity index (χ0v) is 13.9. The SMILES string of the molecule is CSC1CCCC(n2ccc3c2CC(C)(C)CC3N)C1. The number of aromatic nitrogens is 1. The van der Waals surface area contributed by atoms with Gasteiger partial charge in [0.05, 0.1) is 0 Å². The van der Waals surface area contributed by atoms with E-state index >= 15 is 0 Å². The first-order valence-corrected chi connectivity index (χ1v) is 9.27. The molecule has 0 bridgehead atoms. The van der Waals surface area contributed by atoms with Crippen LogP contribution in [0.3, 0.4) is 0 Å². The van der Waals surface area contributed by atoms with Crippen molar-refractivity contribution < 1.29 is 0 Å². The topological polar surface area (TPSA) is 30.9 Å². The van der Waals surface area contributed by atoms with E-state index in [0.29, 0.717) is 11.5 Å². The molecule has 1 heterocycles. The molecule has 3 atom stereocenters. The molecule has 112 valence electrons. The quantitative estimate of drug-likeness (QED) is 0.880. The van der Waals surface area contributed by atoms with Gasteiger partial charge >= 0.3 is 0 Å². The Morgan fingerprint density at radius 1 is 1.35 bits per heavy atom. The summed E-state index contributed by atoms with van der Waals surface area (Å²) in [5, 5.41) is 0.845. The minimum Gasteiger partial charge on any atom is -0.348 e. The number of rotatable bonds is 2. The van der Waals surface area contributed by atoms with Crippen molar-refractivity contribution in [3.63, 3.8) is 0 Å². The molecule has 0 aliphatic heterocycles. The van der Waals surface area contributed by atoms with E-state index in [1.807, 2.05) is 11.8 Å². The van der Waals surface area contributed by atoms with Crippen molar-refractivity contribution in [3.8, 4) is 0 Å². The molecule has 1 aromatic rings. The summed E-state index contributed by atoms with van der Waals surface area (Å²) < 4.78 is 2.58. The van der Waals surface area contributed by atoms with Crippen molar-refractivity contribution in [1.82, 2.24) is 4.57 Å². The highest BCUT2D eigenvalue weighted by molar-refractivity contribution is 7.99. The molecular weight excluding hydrogens is 264 g/mol. The first-order chi connectivity index (χ1) is 9.50. The minimum atomic E-state index is 0.231. The molecule has 2 aliphatic rings. The first kappa shape index (κ1) is 14.5. The van der Waals surface area contributed by atoms with Crippen LogP contribution in [0.1, 0.15) is 69.3 Å². The predicted octanol–water partition coefficient (Wildman–Crippen LogP) is 4.31. The maximum Gasteiger partial charge on any atom is 0.0344 e. The molecule has 2 aliphatic carbocycles. The minimum absolute atomic E-state index is 0.231. The van der Waals surface area contributed by atoms with Gasteiger partial charge in [-0.2, -0.15) is 11.8 Å². The highest BCUT2D eigenvalue weighted by atomic mass is 32.2. The lowest BCUT2D eigenvalue weighted by atomic mass is 9.74. The van der Waals surface area contributed by atoms with Crippen LogP contribution in [0.5, 0.6) is 0 Å². The van der Waals surface area contributed by atoms with Gasteiger partial charge in [-0.3, -0.25) is 0 Å². The third-order valence-electron chi connectivity index (χ3n) is 5.20. The molecule has 0 spiro atoms. The molecule has 3 rings (SSSR count). The second kappa shape index (κ2) is 5.42. The van der Waals surface area contributed by atoms with Gasteiger partial charge in [0.1, 0.15) is 0 Å². The molecule has 3 heteroatoms. The van der Waals surface area contributed by atoms with E-state index in [0.717, 1.165) is 11.7 Å². The third-order valence-corrected chi connectivity index (χ3v) is 6.30. The van der Waals surface area contributed by atoms with Crippen LogP contribution in [0.25, 0.3) is 0 Å². The second-order valence-electron chi connectivity index (χ2n) is 7.45. The predicted molar refractivity (Wildman–Crippen MR) is 88.3 cm³/mol. The molecule has 20 heavy (non-hydrogen) atoms. The Bertz CT molecular complexity index is 477. The number of hydrogen-bond acceptors (Lipinski definition) is 2. The molecular formula is C17H28N2S. The zero-order chi connectivity index (χ0) is 14.3. The van der Waals surface area contributed by atoms with Crippen LogP contribution < -0.4 is 5.73 Å². The van der Waals surface area contributed by atoms with Crippen LogP contribution in [-0.2, 0) is 6.42 Å². The largest absolute Gasteiger partial charge is 0.348 e. The van der Waals surface area contributed by atoms with E-state index in [1.54, 1.807) is 0 Å². The van der Waals surface area contributed by atoms with Gasteiger partial charge in [-0.1, -0.05) is 20.3 Å². The van der Waals surface area contributed by atoms with Crippen LogP contribution >= 0.6 is 11.8 Å². The van der Waals surface area contributed by atoms with Crippen molar-refractivity contribution in [2.45, 2.75) is 69.7 Å². The smallest absolute Gasteiger partial charge is 0.0344 e. The van der Waals surface area contributed by atoms with Gasteiger partial charge in [0.15, 0.2) is 0 Å². The Morgan fingerprint density at radius 2 is 2.15 bits per heavy atom. The van der Waals surface area contributed by atoms with E-state index in [2.05, 4.69) is 36.9 Å². The van der Waals surface area contributed by atoms with Crippen LogP contribution in [0.2, 0.25) is 0 Å². The summed E-state index contributed by atoms with van der Waals surface area (Å²) in [6.45, 7) is 4.72. The average molecular weight is 292 g/mol. The maximum atomic E-state index is 6.40. The van der Waals surface area contributed by atoms with Crippen molar-refractivity contribution in [1.29, 1.82) is 0 Å². The molecule has 1 aromatic heterocycles. The lowest BCUT2D eigenvalue weighted by molar-refractivity contribution is 0.264. The summed E-state index contributed by atoms with van der Waals surface area (Å²) in [5.74, 6) is 0. The van der Waals surface area contributed by atoms with E-state index in [1.165, 1.54) is 43.4 Å². The average Bonchev–Trinajstić information content (AvgIpc) is 2.81. The van der Waals surface area contributed by atoms with Gasteiger partial charge < -0.3 is 10.3 Å². The highest BCUT2D eigenvalue weighted by Crippen LogP contribution is 2.43. The Hall–Kier alpha value is -0.410. The number of hydrogen-bond donors (Lipinski definition) is 1. The summed E-state index contributed by atoms with van der Waals surface area (Å²) >= 11 is 2.05. The molecule has 3 unspecified atom stereocenters. The lowest BCUT2D eigenvalue weighted by Crippen LogP contribution is -2.31. The molecule has 0 saturated heterocycles. The third kappa shape index (κ3) is 2.67. The molecule has 2 nitrogen and oxygen atoms in total. The van der Waals surface area contributed by atoms with E-state index < -0.39 is 0 Å². The van der Waals surface area contributed by atoms with E-state index in [-0.39, 0.29) is 6.04 Å². The van der Waals surface area contributed by atoms with Crippen LogP contribution in [0.4, 0.5) is 0 Å². The van der Waals surface area contributed by atoms with Gasteiger partial charge in [-0.25, -0.2) is 0 Å². The van der Waals surface area contributed by atoms with Gasteiger partial charge in [0, 0.05) is 29.2 Å². The fourth-order valence-electron chi connectivity index (χ4n) is 4.19. The Kier molecular flexibility index (Phi) is 3.93. The number of nitrogens with zero attached hydrogens (tertiary/aromatic N) is 1. The summed E-state index contributed by atoms with van der Waals surface area (Å²) in [7, 11) is 0. The van der Waals surface area contributed by atoms with Crippen molar-refractivity contribution in [2.75, 3.05) is 6.26 Å². The van der Waals surface area contributed by atoms with Crippen LogP contribution in [-0.4, -0.2) is 16.1 Å². The summed E-state index contributed by atoms with van der Waals surface area (Å²) in [6.07, 6.45) is 12.3. The van der Waals surface area contributed by atoms with Crippen LogP contribution in [0.15, 0.2) is 12.3 Å². The van der Waals surface area contributed by atoms with Crippen molar-refractivity contribution in [3.05, 3.63) is 23.5 Å². The Labute approximate surface area is 127 Å². The van der Waals surface area contributed by atoms with Gasteiger partial charge in [0.2, 0.25) is 0 Å². The number of fused-ring (bicyclic) bond motifs is 1. The van der Waals surface area contributed by atoms with E-state index in [4.69, 9.17) is 5.73 Å². The van der Waals surface area contributed by atoms with Crippen molar-refractivity contribution in [2.24, 2.45) is 11.1 Å². The lowest BCUT2D eigenvalue weighted by Gasteiger charge is -2.37. The zero-order valence-electron chi connectivity index (χ0n) is 13.1. The fourth-order valence-corrected chi connectivity index (χ4v) is 5.00. The Balaban J connectivity index is 1.88. The molecule has 0 amide bonds. The monoisotopic (exact) mass is 292 g/mol. The summed E-state index contributed by atoms with van der Waals surface area (Å²) in [6, 6.07) is 3.22. The van der Waals surface area contributed by atoms with Crippen molar-refractivity contribution >= 4 is 11.8 Å². The molecule has 1 fully saturated rings. The molecule has 2 N–H and O–H groups in total. The van der Waals surface area contributed by atoms with Gasteiger partial charge in [-0.05, 0) is 55.4 Å².